The monoisotopic (exact) mass is 259 g/mol. The van der Waals surface area contributed by atoms with Crippen molar-refractivity contribution in [1.82, 2.24) is 4.90 Å². The second-order valence-corrected chi connectivity index (χ2v) is 5.35. The number of nitrogens with zero attached hydrogens (tertiary/aromatic N) is 1. The first-order chi connectivity index (χ1) is 8.30. The lowest BCUT2D eigenvalue weighted by Crippen LogP contribution is -2.40. The molecule has 18 heavy (non-hydrogen) atoms. The summed E-state index contributed by atoms with van der Waals surface area (Å²) in [7, 11) is 1.57. The normalized spacial score (nSPS) is 11.2. The van der Waals surface area contributed by atoms with Crippen molar-refractivity contribution in [2.24, 2.45) is 5.41 Å². The quantitative estimate of drug-likeness (QED) is 0.650. The predicted octanol–water partition coefficient (Wildman–Crippen LogP) is 1.46. The molecule has 0 heterocycles. The van der Waals surface area contributed by atoms with Gasteiger partial charge in [0.05, 0.1) is 13.2 Å². The number of carbonyl (C=O) groups is 2. The molecule has 0 N–H and O–H groups in total. The van der Waals surface area contributed by atoms with Crippen LogP contribution in [-0.4, -0.2) is 50.2 Å². The summed E-state index contributed by atoms with van der Waals surface area (Å²) < 4.78 is 9.81. The van der Waals surface area contributed by atoms with Crippen LogP contribution in [0.15, 0.2) is 0 Å². The molecule has 0 aromatic carbocycles. The van der Waals surface area contributed by atoms with Crippen LogP contribution in [0.1, 0.15) is 34.1 Å². The average Bonchev–Trinajstić information content (AvgIpc) is 2.21. The largest absolute Gasteiger partial charge is 0.465 e. The third-order valence-corrected chi connectivity index (χ3v) is 2.22. The molecule has 0 rings (SSSR count). The number of rotatable bonds is 7. The Balaban J connectivity index is 4.46. The summed E-state index contributed by atoms with van der Waals surface area (Å²) in [6.45, 7) is 8.85. The van der Waals surface area contributed by atoms with E-state index in [1.165, 1.54) is 4.90 Å². The van der Waals surface area contributed by atoms with Crippen LogP contribution < -0.4 is 0 Å². The van der Waals surface area contributed by atoms with Crippen LogP contribution in [-0.2, 0) is 19.1 Å². The summed E-state index contributed by atoms with van der Waals surface area (Å²) in [6.07, 6.45) is 0.399. The molecule has 0 unspecified atom stereocenters. The molecule has 0 saturated heterocycles. The van der Waals surface area contributed by atoms with Gasteiger partial charge in [0.15, 0.2) is 0 Å². The van der Waals surface area contributed by atoms with Crippen LogP contribution in [0.5, 0.6) is 0 Å². The van der Waals surface area contributed by atoms with Gasteiger partial charge in [-0.15, -0.1) is 0 Å². The minimum atomic E-state index is -0.379. The second kappa shape index (κ2) is 8.08. The lowest BCUT2D eigenvalue weighted by Gasteiger charge is -2.25. The number of carbonyl (C=O) groups excluding carboxylic acids is 2. The summed E-state index contributed by atoms with van der Waals surface area (Å²) in [6, 6.07) is 0. The second-order valence-electron chi connectivity index (χ2n) is 5.35. The van der Waals surface area contributed by atoms with Crippen molar-refractivity contribution in [2.75, 3.05) is 33.4 Å². The number of hydrogen-bond acceptors (Lipinski definition) is 4. The minimum absolute atomic E-state index is 0.00782. The average molecular weight is 259 g/mol. The van der Waals surface area contributed by atoms with E-state index in [4.69, 9.17) is 9.47 Å². The van der Waals surface area contributed by atoms with E-state index in [2.05, 4.69) is 0 Å². The van der Waals surface area contributed by atoms with Gasteiger partial charge < -0.3 is 14.4 Å². The fourth-order valence-corrected chi connectivity index (χ4v) is 1.42. The summed E-state index contributed by atoms with van der Waals surface area (Å²) in [4.78, 5) is 25.0. The van der Waals surface area contributed by atoms with Crippen LogP contribution in [0.3, 0.4) is 0 Å². The molecule has 0 aromatic heterocycles. The van der Waals surface area contributed by atoms with Gasteiger partial charge in [-0.05, 0) is 12.3 Å². The van der Waals surface area contributed by atoms with E-state index in [-0.39, 0.29) is 23.8 Å². The smallest absolute Gasteiger partial charge is 0.325 e. The maximum atomic E-state index is 12.1. The van der Waals surface area contributed by atoms with Crippen molar-refractivity contribution < 1.29 is 19.1 Å². The topological polar surface area (TPSA) is 55.8 Å². The summed E-state index contributed by atoms with van der Waals surface area (Å²) >= 11 is 0. The zero-order valence-corrected chi connectivity index (χ0v) is 12.1. The maximum absolute atomic E-state index is 12.1. The Morgan fingerprint density at radius 3 is 2.28 bits per heavy atom. The zero-order valence-electron chi connectivity index (χ0n) is 12.1. The van der Waals surface area contributed by atoms with Crippen molar-refractivity contribution in [1.29, 1.82) is 0 Å². The van der Waals surface area contributed by atoms with E-state index in [0.29, 0.717) is 26.2 Å². The first kappa shape index (κ1) is 16.9. The highest BCUT2D eigenvalue weighted by Gasteiger charge is 2.23. The van der Waals surface area contributed by atoms with Gasteiger partial charge in [0.2, 0.25) is 5.91 Å². The van der Waals surface area contributed by atoms with E-state index in [9.17, 15) is 9.59 Å². The van der Waals surface area contributed by atoms with Gasteiger partial charge in [-0.3, -0.25) is 9.59 Å². The van der Waals surface area contributed by atoms with Crippen LogP contribution in [0.2, 0.25) is 0 Å². The van der Waals surface area contributed by atoms with E-state index in [1.54, 1.807) is 14.0 Å². The standard InChI is InChI=1S/C13H25NO4/c1-6-18-12(16)10-14(7-8-17-5)11(15)9-13(2,3)4/h6-10H2,1-5H3. The van der Waals surface area contributed by atoms with Gasteiger partial charge in [0.25, 0.3) is 0 Å². The van der Waals surface area contributed by atoms with Gasteiger partial charge in [0, 0.05) is 20.1 Å². The van der Waals surface area contributed by atoms with Crippen LogP contribution in [0.4, 0.5) is 0 Å². The van der Waals surface area contributed by atoms with E-state index in [0.717, 1.165) is 0 Å². The van der Waals surface area contributed by atoms with E-state index in [1.807, 2.05) is 20.8 Å². The summed E-state index contributed by atoms with van der Waals surface area (Å²) in [5.74, 6) is -0.427. The molecule has 106 valence electrons. The van der Waals surface area contributed by atoms with Crippen molar-refractivity contribution in [3.8, 4) is 0 Å². The maximum Gasteiger partial charge on any atom is 0.325 e. The zero-order chi connectivity index (χ0) is 14.2. The Labute approximate surface area is 109 Å². The molecule has 0 saturated carbocycles. The van der Waals surface area contributed by atoms with Crippen LogP contribution in [0, 0.1) is 5.41 Å². The molecule has 0 aliphatic heterocycles. The summed E-state index contributed by atoms with van der Waals surface area (Å²) in [5.41, 5.74) is -0.100. The third kappa shape index (κ3) is 8.06. The first-order valence-corrected chi connectivity index (χ1v) is 6.22. The van der Waals surface area contributed by atoms with Crippen LogP contribution in [0.25, 0.3) is 0 Å². The molecule has 5 nitrogen and oxygen atoms in total. The molecule has 0 atom stereocenters. The molecular weight excluding hydrogens is 234 g/mol. The molecule has 0 aromatic rings. The summed E-state index contributed by atoms with van der Waals surface area (Å²) in [5, 5.41) is 0. The minimum Gasteiger partial charge on any atom is -0.465 e. The highest BCUT2D eigenvalue weighted by molar-refractivity contribution is 5.82. The third-order valence-electron chi connectivity index (χ3n) is 2.22. The van der Waals surface area contributed by atoms with Gasteiger partial charge >= 0.3 is 5.97 Å². The predicted molar refractivity (Wildman–Crippen MR) is 69.2 cm³/mol. The molecule has 0 bridgehead atoms. The fourth-order valence-electron chi connectivity index (χ4n) is 1.42. The fraction of sp³-hybridized carbons (Fsp3) is 0.846. The number of esters is 1. The Hall–Kier alpha value is -1.10. The van der Waals surface area contributed by atoms with Crippen molar-refractivity contribution in [3.63, 3.8) is 0 Å². The Morgan fingerprint density at radius 1 is 1.22 bits per heavy atom. The van der Waals surface area contributed by atoms with E-state index < -0.39 is 0 Å². The Morgan fingerprint density at radius 2 is 1.83 bits per heavy atom. The number of ether oxygens (including phenoxy) is 2. The highest BCUT2D eigenvalue weighted by Crippen LogP contribution is 2.19. The number of hydrogen-bond donors (Lipinski definition) is 0. The van der Waals surface area contributed by atoms with Gasteiger partial charge in [-0.1, -0.05) is 20.8 Å². The van der Waals surface area contributed by atoms with Crippen molar-refractivity contribution in [2.45, 2.75) is 34.1 Å². The molecular formula is C13H25NO4. The number of methoxy groups -OCH3 is 1. The molecule has 5 heteroatoms. The van der Waals surface area contributed by atoms with Gasteiger partial charge in [-0.2, -0.15) is 0 Å². The SMILES string of the molecule is CCOC(=O)CN(CCOC)C(=O)CC(C)(C)C. The lowest BCUT2D eigenvalue weighted by atomic mass is 9.91. The van der Waals surface area contributed by atoms with Gasteiger partial charge in [-0.25, -0.2) is 0 Å². The molecule has 0 aliphatic rings. The first-order valence-electron chi connectivity index (χ1n) is 6.22. The lowest BCUT2D eigenvalue weighted by molar-refractivity contribution is -0.149. The molecule has 0 fully saturated rings. The molecule has 0 aliphatic carbocycles. The van der Waals surface area contributed by atoms with Gasteiger partial charge in [0.1, 0.15) is 6.54 Å². The van der Waals surface area contributed by atoms with E-state index >= 15 is 0 Å². The Bertz CT molecular complexity index is 271. The van der Waals surface area contributed by atoms with Crippen LogP contribution >= 0.6 is 0 Å². The molecule has 1 amide bonds. The van der Waals surface area contributed by atoms with Crippen molar-refractivity contribution in [3.05, 3.63) is 0 Å². The molecule has 0 spiro atoms. The highest BCUT2D eigenvalue weighted by atomic mass is 16.5. The van der Waals surface area contributed by atoms with Crippen molar-refractivity contribution >= 4 is 11.9 Å². The Kier molecular flexibility index (Phi) is 7.59. The molecule has 0 radical (unpaired) electrons. The number of amides is 1.